The molecule has 2 aliphatic heterocycles. The monoisotopic (exact) mass is 358 g/mol. The van der Waals surface area contributed by atoms with Gasteiger partial charge in [0, 0.05) is 0 Å². The number of hydrogen-bond donors (Lipinski definition) is 9. The van der Waals surface area contributed by atoms with Crippen LogP contribution in [0, 0.1) is 0 Å². The molecule has 0 aromatic heterocycles. The van der Waals surface area contributed by atoms with Crippen LogP contribution >= 0.6 is 0 Å². The molecule has 142 valence electrons. The summed E-state index contributed by atoms with van der Waals surface area (Å²) in [5, 5.41) is 85.6. The SMILES string of the molecule is OC[C@H]1O[C@H](OC[C@H]2OC(O)(O)[C@H](O)[C@@H](O)[C@@H]2O)[C@H](O)[C@@H](O)[C@@H]1O. The van der Waals surface area contributed by atoms with Crippen LogP contribution in [0.5, 0.6) is 0 Å². The molecule has 2 heterocycles. The average Bonchev–Trinajstić information content (AvgIpc) is 2.54. The van der Waals surface area contributed by atoms with Crippen molar-refractivity contribution in [2.75, 3.05) is 13.2 Å². The number of ether oxygens (including phenoxy) is 3. The minimum Gasteiger partial charge on any atom is -0.394 e. The molecule has 0 aliphatic carbocycles. The molecule has 0 amide bonds. The van der Waals surface area contributed by atoms with E-state index in [1.165, 1.54) is 0 Å². The van der Waals surface area contributed by atoms with E-state index in [0.717, 1.165) is 0 Å². The first-order valence-electron chi connectivity index (χ1n) is 7.19. The quantitative estimate of drug-likeness (QED) is 0.215. The van der Waals surface area contributed by atoms with Gasteiger partial charge in [0.15, 0.2) is 12.4 Å². The van der Waals surface area contributed by atoms with Crippen LogP contribution < -0.4 is 0 Å². The van der Waals surface area contributed by atoms with Crippen molar-refractivity contribution >= 4 is 0 Å². The largest absolute Gasteiger partial charge is 0.394 e. The lowest BCUT2D eigenvalue weighted by Crippen LogP contribution is -2.66. The van der Waals surface area contributed by atoms with Crippen LogP contribution in [0.4, 0.5) is 0 Å². The van der Waals surface area contributed by atoms with Gasteiger partial charge >= 0.3 is 5.97 Å². The van der Waals surface area contributed by atoms with Gasteiger partial charge in [0.05, 0.1) is 13.2 Å². The minimum absolute atomic E-state index is 0.642. The molecule has 9 N–H and O–H groups in total. The minimum atomic E-state index is -3.14. The Morgan fingerprint density at radius 2 is 1.38 bits per heavy atom. The van der Waals surface area contributed by atoms with Gasteiger partial charge in [-0.25, -0.2) is 0 Å². The van der Waals surface area contributed by atoms with Crippen molar-refractivity contribution < 1.29 is 60.2 Å². The standard InChI is InChI=1S/C12H22O12/c13-1-3-5(14)7(16)9(18)11(23-3)22-2-4-6(15)8(17)10(19)12(20,21)24-4/h3-11,13-21H,1-2H2/t3-,4-,5-,6-,7+,8+,9-,10-,11+/m1/s1. The topological polar surface area (TPSA) is 210 Å². The van der Waals surface area contributed by atoms with Crippen molar-refractivity contribution in [3.8, 4) is 0 Å². The molecule has 0 aromatic rings. The molecule has 2 rings (SSSR count). The summed E-state index contributed by atoms with van der Waals surface area (Å²) in [6.45, 7) is -1.31. The number of rotatable bonds is 4. The molecular weight excluding hydrogens is 336 g/mol. The van der Waals surface area contributed by atoms with Crippen molar-refractivity contribution in [1.29, 1.82) is 0 Å². The zero-order chi connectivity index (χ0) is 18.2. The van der Waals surface area contributed by atoms with Crippen LogP contribution in [0.3, 0.4) is 0 Å². The Bertz CT molecular complexity index is 417. The van der Waals surface area contributed by atoms with Gasteiger partial charge in [0.2, 0.25) is 0 Å². The lowest BCUT2D eigenvalue weighted by atomic mass is 9.97. The van der Waals surface area contributed by atoms with Gasteiger partial charge in [0.25, 0.3) is 0 Å². The highest BCUT2D eigenvalue weighted by Gasteiger charge is 2.53. The molecule has 0 aromatic carbocycles. The van der Waals surface area contributed by atoms with Gasteiger partial charge in [-0.15, -0.1) is 0 Å². The lowest BCUT2D eigenvalue weighted by molar-refractivity contribution is -0.438. The molecule has 9 atom stereocenters. The predicted molar refractivity (Wildman–Crippen MR) is 69.8 cm³/mol. The summed E-state index contributed by atoms with van der Waals surface area (Å²) in [6, 6.07) is 0. The maximum atomic E-state index is 9.78. The van der Waals surface area contributed by atoms with Crippen molar-refractivity contribution in [2.45, 2.75) is 61.1 Å². The summed E-state index contributed by atoms with van der Waals surface area (Å²) in [7, 11) is 0. The second-order valence-electron chi connectivity index (χ2n) is 5.77. The second kappa shape index (κ2) is 7.41. The van der Waals surface area contributed by atoms with E-state index >= 15 is 0 Å². The van der Waals surface area contributed by atoms with Crippen LogP contribution in [0.1, 0.15) is 0 Å². The summed E-state index contributed by atoms with van der Waals surface area (Å²) >= 11 is 0. The fraction of sp³-hybridized carbons (Fsp3) is 1.00. The fourth-order valence-corrected chi connectivity index (χ4v) is 2.52. The Balaban J connectivity index is 1.99. The van der Waals surface area contributed by atoms with Crippen LogP contribution in [-0.4, -0.2) is 120 Å². The molecule has 2 aliphatic rings. The number of aliphatic hydroxyl groups excluding tert-OH is 7. The summed E-state index contributed by atoms with van der Waals surface area (Å²) < 4.78 is 14.8. The molecule has 0 saturated carbocycles. The van der Waals surface area contributed by atoms with Crippen molar-refractivity contribution in [1.82, 2.24) is 0 Å². The predicted octanol–water partition coefficient (Wildman–Crippen LogP) is -6.08. The normalized spacial score (nSPS) is 49.1. The molecule has 2 fully saturated rings. The maximum absolute atomic E-state index is 9.78. The van der Waals surface area contributed by atoms with E-state index in [1.807, 2.05) is 0 Å². The molecule has 0 unspecified atom stereocenters. The van der Waals surface area contributed by atoms with E-state index in [4.69, 9.17) is 14.6 Å². The Labute approximate surface area is 135 Å². The Kier molecular flexibility index (Phi) is 6.12. The van der Waals surface area contributed by atoms with Crippen molar-refractivity contribution in [2.24, 2.45) is 0 Å². The molecule has 0 spiro atoms. The molecule has 12 nitrogen and oxygen atoms in total. The molecule has 2 saturated heterocycles. The van der Waals surface area contributed by atoms with Gasteiger partial charge in [-0.05, 0) is 0 Å². The first-order chi connectivity index (χ1) is 11.1. The first kappa shape index (κ1) is 19.8. The average molecular weight is 358 g/mol. The van der Waals surface area contributed by atoms with Gasteiger partial charge in [-0.1, -0.05) is 0 Å². The summed E-state index contributed by atoms with van der Waals surface area (Å²) in [6.07, 6.45) is -15.1. The Morgan fingerprint density at radius 1 is 0.792 bits per heavy atom. The highest BCUT2D eigenvalue weighted by Crippen LogP contribution is 2.28. The second-order valence-corrected chi connectivity index (χ2v) is 5.77. The Hall–Kier alpha value is -0.480. The highest BCUT2D eigenvalue weighted by molar-refractivity contribution is 4.92. The van der Waals surface area contributed by atoms with Crippen LogP contribution in [0.25, 0.3) is 0 Å². The van der Waals surface area contributed by atoms with E-state index < -0.39 is 74.3 Å². The lowest BCUT2D eigenvalue weighted by Gasteiger charge is -2.44. The van der Waals surface area contributed by atoms with Gasteiger partial charge in [0.1, 0.15) is 42.7 Å². The zero-order valence-corrected chi connectivity index (χ0v) is 12.4. The van der Waals surface area contributed by atoms with Crippen LogP contribution in [-0.2, 0) is 14.2 Å². The summed E-state index contributed by atoms with van der Waals surface area (Å²) in [4.78, 5) is 0. The Morgan fingerprint density at radius 3 is 1.96 bits per heavy atom. The van der Waals surface area contributed by atoms with E-state index in [0.29, 0.717) is 0 Å². The fourth-order valence-electron chi connectivity index (χ4n) is 2.52. The zero-order valence-electron chi connectivity index (χ0n) is 12.4. The smallest absolute Gasteiger partial charge is 0.308 e. The van der Waals surface area contributed by atoms with E-state index in [9.17, 15) is 40.9 Å². The van der Waals surface area contributed by atoms with Gasteiger partial charge < -0.3 is 60.2 Å². The molecule has 12 heteroatoms. The maximum Gasteiger partial charge on any atom is 0.308 e. The molecular formula is C12H22O12. The molecule has 0 bridgehead atoms. The third-order valence-electron chi connectivity index (χ3n) is 4.04. The number of aliphatic hydroxyl groups is 9. The van der Waals surface area contributed by atoms with E-state index in [1.54, 1.807) is 0 Å². The van der Waals surface area contributed by atoms with E-state index in [2.05, 4.69) is 4.74 Å². The van der Waals surface area contributed by atoms with Crippen LogP contribution in [0.15, 0.2) is 0 Å². The molecule has 0 radical (unpaired) electrons. The van der Waals surface area contributed by atoms with Crippen LogP contribution in [0.2, 0.25) is 0 Å². The third kappa shape index (κ3) is 3.70. The van der Waals surface area contributed by atoms with Crippen molar-refractivity contribution in [3.05, 3.63) is 0 Å². The summed E-state index contributed by atoms with van der Waals surface area (Å²) in [5.74, 6) is -3.14. The van der Waals surface area contributed by atoms with E-state index in [-0.39, 0.29) is 0 Å². The third-order valence-corrected chi connectivity index (χ3v) is 4.04. The molecule has 24 heavy (non-hydrogen) atoms. The number of hydrogen-bond acceptors (Lipinski definition) is 12. The van der Waals surface area contributed by atoms with Gasteiger partial charge in [-0.3, -0.25) is 0 Å². The first-order valence-corrected chi connectivity index (χ1v) is 7.19. The van der Waals surface area contributed by atoms with Crippen molar-refractivity contribution in [3.63, 3.8) is 0 Å². The van der Waals surface area contributed by atoms with Gasteiger partial charge in [-0.2, -0.15) is 0 Å². The summed E-state index contributed by atoms with van der Waals surface area (Å²) in [5.41, 5.74) is 0. The highest BCUT2D eigenvalue weighted by atomic mass is 16.8.